The van der Waals surface area contributed by atoms with Gasteiger partial charge in [-0.3, -0.25) is 4.79 Å². The standard InChI is InChI=1S/C27H33N3O3/c1-3-29-14-16-30(17-15-29)27-25-9-5-4-8-23(25)20-26(28-27)22-10-12-24(13-11-22)33-19-7-6-18-32-21(2)31/h4-5,8-13,20H,3,6-7,14-19H2,1-2H3. The summed E-state index contributed by atoms with van der Waals surface area (Å²) in [7, 11) is 0. The molecule has 0 atom stereocenters. The maximum absolute atomic E-state index is 10.8. The van der Waals surface area contributed by atoms with Gasteiger partial charge in [-0.05, 0) is 55.1 Å². The highest BCUT2D eigenvalue weighted by molar-refractivity contribution is 5.95. The Kier molecular flexibility index (Phi) is 7.79. The van der Waals surface area contributed by atoms with Gasteiger partial charge in [0.25, 0.3) is 0 Å². The van der Waals surface area contributed by atoms with Crippen LogP contribution in [-0.2, 0) is 9.53 Å². The Labute approximate surface area is 196 Å². The first-order chi connectivity index (χ1) is 16.1. The van der Waals surface area contributed by atoms with Crippen LogP contribution in [0.3, 0.4) is 0 Å². The topological polar surface area (TPSA) is 54.9 Å². The predicted molar refractivity (Wildman–Crippen MR) is 133 cm³/mol. The summed E-state index contributed by atoms with van der Waals surface area (Å²) in [6, 6.07) is 18.8. The first kappa shape index (κ1) is 23.1. The molecule has 2 heterocycles. The van der Waals surface area contributed by atoms with Gasteiger partial charge >= 0.3 is 5.97 Å². The number of hydrogen-bond donors (Lipinski definition) is 0. The number of esters is 1. The van der Waals surface area contributed by atoms with Gasteiger partial charge in [0, 0.05) is 44.1 Å². The number of hydrogen-bond acceptors (Lipinski definition) is 6. The molecule has 0 spiro atoms. The molecule has 33 heavy (non-hydrogen) atoms. The minimum absolute atomic E-state index is 0.236. The second-order valence-corrected chi connectivity index (χ2v) is 8.39. The molecule has 1 fully saturated rings. The van der Waals surface area contributed by atoms with Crippen LogP contribution in [0, 0.1) is 0 Å². The Morgan fingerprint density at radius 1 is 0.970 bits per heavy atom. The van der Waals surface area contributed by atoms with E-state index in [1.54, 1.807) is 0 Å². The second kappa shape index (κ2) is 11.1. The van der Waals surface area contributed by atoms with E-state index in [9.17, 15) is 4.79 Å². The van der Waals surface area contributed by atoms with Gasteiger partial charge in [0.05, 0.1) is 18.9 Å². The van der Waals surface area contributed by atoms with Crippen molar-refractivity contribution >= 4 is 22.6 Å². The van der Waals surface area contributed by atoms with E-state index < -0.39 is 0 Å². The maximum Gasteiger partial charge on any atom is 0.302 e. The van der Waals surface area contributed by atoms with Crippen LogP contribution in [0.4, 0.5) is 5.82 Å². The lowest BCUT2D eigenvalue weighted by molar-refractivity contribution is -0.141. The minimum atomic E-state index is -0.236. The molecule has 0 radical (unpaired) electrons. The second-order valence-electron chi connectivity index (χ2n) is 8.39. The van der Waals surface area contributed by atoms with Crippen LogP contribution in [0.25, 0.3) is 22.0 Å². The van der Waals surface area contributed by atoms with E-state index in [1.807, 2.05) is 12.1 Å². The average Bonchev–Trinajstić information content (AvgIpc) is 2.85. The Balaban J connectivity index is 1.46. The number of carbonyl (C=O) groups excluding carboxylic acids is 1. The zero-order chi connectivity index (χ0) is 23.0. The lowest BCUT2D eigenvalue weighted by Gasteiger charge is -2.35. The number of benzene rings is 2. The number of aromatic nitrogens is 1. The largest absolute Gasteiger partial charge is 0.494 e. The summed E-state index contributed by atoms with van der Waals surface area (Å²) in [4.78, 5) is 20.8. The number of anilines is 1. The highest BCUT2D eigenvalue weighted by Gasteiger charge is 2.19. The first-order valence-electron chi connectivity index (χ1n) is 11.9. The van der Waals surface area contributed by atoms with Gasteiger partial charge in [0.2, 0.25) is 0 Å². The number of ether oxygens (including phenoxy) is 2. The molecular formula is C27H33N3O3. The molecule has 0 bridgehead atoms. The van der Waals surface area contributed by atoms with Crippen molar-refractivity contribution in [3.63, 3.8) is 0 Å². The molecule has 6 heteroatoms. The quantitative estimate of drug-likeness (QED) is 0.348. The summed E-state index contributed by atoms with van der Waals surface area (Å²) in [5.74, 6) is 1.68. The fraction of sp³-hybridized carbons (Fsp3) is 0.407. The van der Waals surface area contributed by atoms with E-state index in [2.05, 4.69) is 59.2 Å². The van der Waals surface area contributed by atoms with Crippen LogP contribution >= 0.6 is 0 Å². The molecule has 1 aromatic heterocycles. The zero-order valence-electron chi connectivity index (χ0n) is 19.6. The molecule has 1 saturated heterocycles. The van der Waals surface area contributed by atoms with Crippen LogP contribution in [0.15, 0.2) is 54.6 Å². The van der Waals surface area contributed by atoms with Crippen LogP contribution < -0.4 is 9.64 Å². The summed E-state index contributed by atoms with van der Waals surface area (Å²) in [6.45, 7) is 9.94. The molecule has 0 unspecified atom stereocenters. The third-order valence-corrected chi connectivity index (χ3v) is 6.10. The van der Waals surface area contributed by atoms with Crippen molar-refractivity contribution in [2.45, 2.75) is 26.7 Å². The van der Waals surface area contributed by atoms with Crippen LogP contribution in [0.1, 0.15) is 26.7 Å². The van der Waals surface area contributed by atoms with Crippen molar-refractivity contribution in [1.29, 1.82) is 0 Å². The van der Waals surface area contributed by atoms with Crippen LogP contribution in [0.2, 0.25) is 0 Å². The summed E-state index contributed by atoms with van der Waals surface area (Å²) in [5, 5.41) is 2.42. The Bertz CT molecular complexity index is 1060. The smallest absolute Gasteiger partial charge is 0.302 e. The Morgan fingerprint density at radius 3 is 2.42 bits per heavy atom. The fourth-order valence-electron chi connectivity index (χ4n) is 4.18. The normalized spacial score (nSPS) is 14.4. The van der Waals surface area contributed by atoms with Gasteiger partial charge in [-0.1, -0.05) is 31.2 Å². The molecule has 3 aromatic rings. The molecule has 1 aliphatic heterocycles. The zero-order valence-corrected chi connectivity index (χ0v) is 19.6. The maximum atomic E-state index is 10.8. The van der Waals surface area contributed by atoms with E-state index in [1.165, 1.54) is 17.7 Å². The summed E-state index contributed by atoms with van der Waals surface area (Å²) >= 11 is 0. The van der Waals surface area contributed by atoms with Gasteiger partial charge in [0.15, 0.2) is 0 Å². The number of likely N-dealkylation sites (N-methyl/N-ethyl adjacent to an activating group) is 1. The van der Waals surface area contributed by atoms with Crippen molar-refractivity contribution in [3.05, 3.63) is 54.6 Å². The van der Waals surface area contributed by atoms with E-state index in [4.69, 9.17) is 14.5 Å². The third-order valence-electron chi connectivity index (χ3n) is 6.10. The molecular weight excluding hydrogens is 414 g/mol. The summed E-state index contributed by atoms with van der Waals surface area (Å²) in [6.07, 6.45) is 1.64. The first-order valence-corrected chi connectivity index (χ1v) is 11.9. The van der Waals surface area contributed by atoms with E-state index in [-0.39, 0.29) is 5.97 Å². The summed E-state index contributed by atoms with van der Waals surface area (Å²) < 4.78 is 10.8. The molecule has 1 aliphatic rings. The number of nitrogens with zero attached hydrogens (tertiary/aromatic N) is 3. The molecule has 4 rings (SSSR count). The lowest BCUT2D eigenvalue weighted by atomic mass is 10.1. The Morgan fingerprint density at radius 2 is 1.70 bits per heavy atom. The minimum Gasteiger partial charge on any atom is -0.494 e. The molecule has 0 aliphatic carbocycles. The molecule has 0 amide bonds. The molecule has 2 aromatic carbocycles. The Hall–Kier alpha value is -3.12. The predicted octanol–water partition coefficient (Wildman–Crippen LogP) is 4.77. The van der Waals surface area contributed by atoms with Gasteiger partial charge in [-0.25, -0.2) is 4.98 Å². The van der Waals surface area contributed by atoms with Crippen LogP contribution in [-0.4, -0.2) is 61.8 Å². The number of rotatable bonds is 9. The van der Waals surface area contributed by atoms with Crippen molar-refractivity contribution in [2.75, 3.05) is 50.8 Å². The highest BCUT2D eigenvalue weighted by Crippen LogP contribution is 2.31. The van der Waals surface area contributed by atoms with Gasteiger partial charge in [0.1, 0.15) is 11.6 Å². The number of unbranched alkanes of at least 4 members (excludes halogenated alkanes) is 1. The number of piperazine rings is 1. The monoisotopic (exact) mass is 447 g/mol. The number of carbonyl (C=O) groups is 1. The highest BCUT2D eigenvalue weighted by atomic mass is 16.5. The van der Waals surface area contributed by atoms with Crippen molar-refractivity contribution < 1.29 is 14.3 Å². The molecule has 6 nitrogen and oxygen atoms in total. The lowest BCUT2D eigenvalue weighted by Crippen LogP contribution is -2.46. The molecule has 0 saturated carbocycles. The van der Waals surface area contributed by atoms with Crippen molar-refractivity contribution in [2.24, 2.45) is 0 Å². The SMILES string of the molecule is CCN1CCN(c2nc(-c3ccc(OCCCCOC(C)=O)cc3)cc3ccccc23)CC1. The molecule has 174 valence electrons. The number of pyridine rings is 1. The van der Waals surface area contributed by atoms with Crippen molar-refractivity contribution in [3.8, 4) is 17.0 Å². The average molecular weight is 448 g/mol. The van der Waals surface area contributed by atoms with Crippen LogP contribution in [0.5, 0.6) is 5.75 Å². The van der Waals surface area contributed by atoms with Gasteiger partial charge < -0.3 is 19.3 Å². The van der Waals surface area contributed by atoms with Crippen molar-refractivity contribution in [1.82, 2.24) is 9.88 Å². The van der Waals surface area contributed by atoms with Gasteiger partial charge in [-0.2, -0.15) is 0 Å². The molecule has 0 N–H and O–H groups in total. The summed E-state index contributed by atoms with van der Waals surface area (Å²) in [5.41, 5.74) is 2.06. The fourth-order valence-corrected chi connectivity index (χ4v) is 4.18. The van der Waals surface area contributed by atoms with E-state index >= 15 is 0 Å². The third kappa shape index (κ3) is 6.02. The number of fused-ring (bicyclic) bond motifs is 1. The van der Waals surface area contributed by atoms with E-state index in [0.29, 0.717) is 13.2 Å². The van der Waals surface area contributed by atoms with E-state index in [0.717, 1.165) is 68.4 Å². The van der Waals surface area contributed by atoms with Gasteiger partial charge in [-0.15, -0.1) is 0 Å².